The van der Waals surface area contributed by atoms with Crippen molar-refractivity contribution in [2.24, 2.45) is 0 Å². The summed E-state index contributed by atoms with van der Waals surface area (Å²) in [4.78, 5) is 15.4. The summed E-state index contributed by atoms with van der Waals surface area (Å²) in [5.41, 5.74) is 3.36. The van der Waals surface area contributed by atoms with Gasteiger partial charge in [-0.25, -0.2) is 4.79 Å². The number of aliphatic hydroxyl groups excluding tert-OH is 2. The van der Waals surface area contributed by atoms with Crippen LogP contribution in [0.3, 0.4) is 0 Å². The van der Waals surface area contributed by atoms with E-state index in [0.717, 1.165) is 0 Å². The van der Waals surface area contributed by atoms with Crippen LogP contribution in [0.4, 0.5) is 5.82 Å². The predicted octanol–water partition coefficient (Wildman–Crippen LogP) is -0.768. The first-order valence-corrected chi connectivity index (χ1v) is 6.21. The Bertz CT molecular complexity index is 597. The van der Waals surface area contributed by atoms with Crippen LogP contribution in [0.25, 0.3) is 0 Å². The molecule has 0 radical (unpaired) electrons. The number of aliphatic hydroxyl groups is 2. The maximum atomic E-state index is 11.7. The molecule has 7 nitrogen and oxygen atoms in total. The standard InChI is InChI=1S/C11H12BrN3O4/c1-2-11(5-16)7(17)3-8(19-11)15-4-6(12)9(13)14-10(15)18/h1,4,7-8,16-17H,3,5H2,(H2,13,14,18)/t7-,8-,11+/m0/s1. The maximum Gasteiger partial charge on any atom is 0.351 e. The van der Waals surface area contributed by atoms with Gasteiger partial charge < -0.3 is 20.7 Å². The third-order valence-corrected chi connectivity index (χ3v) is 3.64. The van der Waals surface area contributed by atoms with E-state index in [9.17, 15) is 15.0 Å². The zero-order valence-corrected chi connectivity index (χ0v) is 11.4. The van der Waals surface area contributed by atoms with Crippen LogP contribution in [0.5, 0.6) is 0 Å². The second-order valence-corrected chi connectivity index (χ2v) is 5.03. The number of aromatic nitrogens is 2. The van der Waals surface area contributed by atoms with Crippen molar-refractivity contribution in [1.82, 2.24) is 9.55 Å². The molecule has 1 saturated heterocycles. The minimum atomic E-state index is -1.50. The van der Waals surface area contributed by atoms with E-state index in [-0.39, 0.29) is 12.2 Å². The molecule has 1 aliphatic rings. The quantitative estimate of drug-likeness (QED) is 0.615. The fraction of sp³-hybridized carbons (Fsp3) is 0.455. The second-order valence-electron chi connectivity index (χ2n) is 4.18. The summed E-state index contributed by atoms with van der Waals surface area (Å²) >= 11 is 3.15. The molecule has 8 heteroatoms. The van der Waals surface area contributed by atoms with Gasteiger partial charge >= 0.3 is 5.69 Å². The van der Waals surface area contributed by atoms with Crippen LogP contribution in [0, 0.1) is 12.3 Å². The van der Waals surface area contributed by atoms with Gasteiger partial charge in [0.25, 0.3) is 0 Å². The summed E-state index contributed by atoms with van der Waals surface area (Å²) in [6.45, 7) is -0.542. The lowest BCUT2D eigenvalue weighted by Crippen LogP contribution is -2.41. The van der Waals surface area contributed by atoms with Crippen molar-refractivity contribution in [1.29, 1.82) is 0 Å². The maximum absolute atomic E-state index is 11.7. The fourth-order valence-electron chi connectivity index (χ4n) is 1.90. The molecule has 1 aromatic rings. The summed E-state index contributed by atoms with van der Waals surface area (Å²) in [6.07, 6.45) is 4.87. The van der Waals surface area contributed by atoms with Gasteiger partial charge in [0.2, 0.25) is 0 Å². The largest absolute Gasteiger partial charge is 0.392 e. The molecule has 0 saturated carbocycles. The van der Waals surface area contributed by atoms with Gasteiger partial charge in [-0.1, -0.05) is 5.92 Å². The van der Waals surface area contributed by atoms with E-state index in [1.165, 1.54) is 10.8 Å². The number of hydrogen-bond acceptors (Lipinski definition) is 6. The fourth-order valence-corrected chi connectivity index (χ4v) is 2.21. The molecule has 1 aliphatic heterocycles. The third-order valence-electron chi connectivity index (χ3n) is 3.03. The van der Waals surface area contributed by atoms with E-state index < -0.39 is 30.2 Å². The van der Waals surface area contributed by atoms with Crippen molar-refractivity contribution < 1.29 is 14.9 Å². The summed E-state index contributed by atoms with van der Waals surface area (Å²) in [5.74, 6) is 2.29. The zero-order chi connectivity index (χ0) is 14.2. The second kappa shape index (κ2) is 4.94. The first-order valence-electron chi connectivity index (χ1n) is 5.42. The van der Waals surface area contributed by atoms with Gasteiger partial charge in [-0.2, -0.15) is 4.98 Å². The molecule has 1 fully saturated rings. The van der Waals surface area contributed by atoms with Crippen LogP contribution in [-0.4, -0.2) is 38.1 Å². The molecule has 0 aliphatic carbocycles. The molecule has 4 N–H and O–H groups in total. The molecule has 0 aromatic carbocycles. The lowest BCUT2D eigenvalue weighted by atomic mass is 9.99. The molecule has 0 spiro atoms. The smallest absolute Gasteiger partial charge is 0.351 e. The molecule has 3 atom stereocenters. The van der Waals surface area contributed by atoms with E-state index >= 15 is 0 Å². The Hall–Kier alpha value is -1.40. The first-order chi connectivity index (χ1) is 8.93. The lowest BCUT2D eigenvalue weighted by molar-refractivity contribution is -0.0912. The molecular weight excluding hydrogens is 318 g/mol. The average molecular weight is 330 g/mol. The molecular formula is C11H12BrN3O4. The Balaban J connectivity index is 2.39. The highest BCUT2D eigenvalue weighted by atomic mass is 79.9. The normalized spacial score (nSPS) is 30.2. The molecule has 102 valence electrons. The lowest BCUT2D eigenvalue weighted by Gasteiger charge is -2.23. The van der Waals surface area contributed by atoms with E-state index in [0.29, 0.717) is 4.47 Å². The Labute approximate surface area is 117 Å². The number of hydrogen-bond donors (Lipinski definition) is 3. The van der Waals surface area contributed by atoms with Gasteiger partial charge in [0, 0.05) is 12.6 Å². The highest BCUT2D eigenvalue weighted by Gasteiger charge is 2.47. The topological polar surface area (TPSA) is 111 Å². The number of anilines is 1. The Morgan fingerprint density at radius 2 is 2.47 bits per heavy atom. The van der Waals surface area contributed by atoms with Crippen LogP contribution in [0.1, 0.15) is 12.6 Å². The predicted molar refractivity (Wildman–Crippen MR) is 70.0 cm³/mol. The van der Waals surface area contributed by atoms with Gasteiger partial charge in [-0.15, -0.1) is 6.42 Å². The summed E-state index contributed by atoms with van der Waals surface area (Å²) < 4.78 is 7.04. The number of rotatable bonds is 2. The van der Waals surface area contributed by atoms with Crippen molar-refractivity contribution in [3.05, 3.63) is 21.2 Å². The summed E-state index contributed by atoms with van der Waals surface area (Å²) in [5, 5.41) is 19.1. The summed E-state index contributed by atoms with van der Waals surface area (Å²) in [6, 6.07) is 0. The van der Waals surface area contributed by atoms with Crippen molar-refractivity contribution in [2.75, 3.05) is 12.3 Å². The van der Waals surface area contributed by atoms with Gasteiger partial charge in [0.1, 0.15) is 18.1 Å². The van der Waals surface area contributed by atoms with E-state index in [1.54, 1.807) is 0 Å². The molecule has 1 aromatic heterocycles. The van der Waals surface area contributed by atoms with Crippen LogP contribution in [-0.2, 0) is 4.74 Å². The minimum absolute atomic E-state index is 0.0603. The van der Waals surface area contributed by atoms with Crippen molar-refractivity contribution >= 4 is 21.7 Å². The number of terminal acetylenes is 1. The van der Waals surface area contributed by atoms with Gasteiger partial charge in [-0.3, -0.25) is 4.57 Å². The number of nitrogens with zero attached hydrogens (tertiary/aromatic N) is 2. The van der Waals surface area contributed by atoms with Crippen molar-refractivity contribution in [3.8, 4) is 12.3 Å². The minimum Gasteiger partial charge on any atom is -0.392 e. The number of nitrogens with two attached hydrogens (primary N) is 1. The highest BCUT2D eigenvalue weighted by Crippen LogP contribution is 2.35. The number of ether oxygens (including phenoxy) is 1. The zero-order valence-electron chi connectivity index (χ0n) is 9.78. The number of nitrogen functional groups attached to an aromatic ring is 1. The average Bonchev–Trinajstić information content (AvgIpc) is 2.71. The Morgan fingerprint density at radius 1 is 1.79 bits per heavy atom. The molecule has 2 rings (SSSR count). The summed E-state index contributed by atoms with van der Waals surface area (Å²) in [7, 11) is 0. The van der Waals surface area contributed by atoms with Crippen LogP contribution < -0.4 is 11.4 Å². The molecule has 0 bridgehead atoms. The molecule has 19 heavy (non-hydrogen) atoms. The Morgan fingerprint density at radius 3 is 3.00 bits per heavy atom. The van der Waals surface area contributed by atoms with Gasteiger partial charge in [-0.05, 0) is 15.9 Å². The van der Waals surface area contributed by atoms with E-state index in [2.05, 4.69) is 26.8 Å². The van der Waals surface area contributed by atoms with Crippen LogP contribution in [0.15, 0.2) is 15.5 Å². The van der Waals surface area contributed by atoms with E-state index in [4.69, 9.17) is 16.9 Å². The van der Waals surface area contributed by atoms with Gasteiger partial charge in [0.15, 0.2) is 5.60 Å². The van der Waals surface area contributed by atoms with E-state index in [1.807, 2.05) is 0 Å². The monoisotopic (exact) mass is 329 g/mol. The van der Waals surface area contributed by atoms with Crippen molar-refractivity contribution in [3.63, 3.8) is 0 Å². The van der Waals surface area contributed by atoms with Crippen molar-refractivity contribution in [2.45, 2.75) is 24.4 Å². The third kappa shape index (κ3) is 2.26. The number of halogens is 1. The van der Waals surface area contributed by atoms with Crippen LogP contribution in [0.2, 0.25) is 0 Å². The first kappa shape index (κ1) is 14.0. The van der Waals surface area contributed by atoms with Crippen LogP contribution >= 0.6 is 15.9 Å². The molecule has 2 heterocycles. The Kier molecular flexibility index (Phi) is 3.64. The SMILES string of the molecule is C#C[C@]1(CO)O[C@H](n2cc(Br)c(N)nc2=O)C[C@@H]1O. The highest BCUT2D eigenvalue weighted by molar-refractivity contribution is 9.10. The molecule has 0 amide bonds. The van der Waals surface area contributed by atoms with Gasteiger partial charge in [0.05, 0.1) is 11.1 Å². The molecule has 0 unspecified atom stereocenters.